The number of nitrogens with one attached hydrogen (secondary N) is 1. The highest BCUT2D eigenvalue weighted by Gasteiger charge is 2.16. The van der Waals surface area contributed by atoms with Crippen molar-refractivity contribution in [2.45, 2.75) is 26.3 Å². The van der Waals surface area contributed by atoms with Gasteiger partial charge in [-0.2, -0.15) is 5.26 Å². The van der Waals surface area contributed by atoms with Crippen LogP contribution in [0.4, 0.5) is 5.69 Å². The van der Waals surface area contributed by atoms with Crippen molar-refractivity contribution >= 4 is 34.8 Å². The van der Waals surface area contributed by atoms with Crippen molar-refractivity contribution in [1.29, 1.82) is 5.26 Å². The van der Waals surface area contributed by atoms with Gasteiger partial charge in [0, 0.05) is 24.0 Å². The maximum absolute atomic E-state index is 12.3. The average Bonchev–Trinajstić information content (AvgIpc) is 2.65. The highest BCUT2D eigenvalue weighted by molar-refractivity contribution is 6.35. The second-order valence-electron chi connectivity index (χ2n) is 5.96. The summed E-state index contributed by atoms with van der Waals surface area (Å²) in [4.78, 5) is 14.5. The molecule has 2 aromatic rings. The second-order valence-corrected chi connectivity index (χ2v) is 6.80. The summed E-state index contributed by atoms with van der Waals surface area (Å²) in [5.41, 5.74) is 2.28. The molecule has 2 aromatic carbocycles. The number of hydrogen-bond donors (Lipinski definition) is 1. The van der Waals surface area contributed by atoms with Crippen molar-refractivity contribution in [3.63, 3.8) is 0 Å². The van der Waals surface area contributed by atoms with Crippen LogP contribution in [0.1, 0.15) is 37.4 Å². The van der Waals surface area contributed by atoms with Gasteiger partial charge in [-0.15, -0.1) is 0 Å². The monoisotopic (exact) mass is 389 g/mol. The molecule has 1 unspecified atom stereocenters. The number of carbonyl (C=O) groups excluding carboxylic acids is 1. The molecule has 26 heavy (non-hydrogen) atoms. The predicted octanol–water partition coefficient (Wildman–Crippen LogP) is 5.28. The molecule has 4 nitrogen and oxygen atoms in total. The standard InChI is InChI=1S/C20H21Cl2N3O/c1-3-25(14(2)16-6-4-15(13-23)5-7-16)11-10-20(26)24-19-12-17(21)8-9-18(19)22/h4-9,12,14H,3,10-11H2,1-2H3,(H,24,26). The molecule has 0 saturated heterocycles. The quantitative estimate of drug-likeness (QED) is 0.700. The maximum atomic E-state index is 12.3. The molecular weight excluding hydrogens is 369 g/mol. The van der Waals surface area contributed by atoms with E-state index in [1.54, 1.807) is 18.2 Å². The summed E-state index contributed by atoms with van der Waals surface area (Å²) in [6, 6.07) is 14.8. The van der Waals surface area contributed by atoms with Crippen LogP contribution in [0, 0.1) is 11.3 Å². The van der Waals surface area contributed by atoms with E-state index in [0.717, 1.165) is 12.1 Å². The van der Waals surface area contributed by atoms with Crippen molar-refractivity contribution in [3.8, 4) is 6.07 Å². The van der Waals surface area contributed by atoms with Crippen LogP contribution in [0.2, 0.25) is 10.0 Å². The first-order chi connectivity index (χ1) is 12.4. The molecular formula is C20H21Cl2N3O. The third-order valence-corrected chi connectivity index (χ3v) is 4.87. The number of hydrogen-bond acceptors (Lipinski definition) is 3. The summed E-state index contributed by atoms with van der Waals surface area (Å²) in [7, 11) is 0. The highest BCUT2D eigenvalue weighted by Crippen LogP contribution is 2.26. The van der Waals surface area contributed by atoms with E-state index in [-0.39, 0.29) is 11.9 Å². The summed E-state index contributed by atoms with van der Waals surface area (Å²) < 4.78 is 0. The molecule has 0 aliphatic heterocycles. The van der Waals surface area contributed by atoms with Crippen LogP contribution in [-0.2, 0) is 4.79 Å². The Morgan fingerprint density at radius 3 is 2.54 bits per heavy atom. The molecule has 0 saturated carbocycles. The minimum Gasteiger partial charge on any atom is -0.325 e. The molecule has 136 valence electrons. The summed E-state index contributed by atoms with van der Waals surface area (Å²) >= 11 is 12.0. The number of nitrogens with zero attached hydrogens (tertiary/aromatic N) is 2. The number of benzene rings is 2. The van der Waals surface area contributed by atoms with Crippen LogP contribution in [0.25, 0.3) is 0 Å². The van der Waals surface area contributed by atoms with Crippen LogP contribution in [0.5, 0.6) is 0 Å². The van der Waals surface area contributed by atoms with Gasteiger partial charge in [0.2, 0.25) is 5.91 Å². The van der Waals surface area contributed by atoms with Crippen molar-refractivity contribution in [2.24, 2.45) is 0 Å². The minimum atomic E-state index is -0.111. The van der Waals surface area contributed by atoms with Gasteiger partial charge in [-0.3, -0.25) is 9.69 Å². The third kappa shape index (κ3) is 5.47. The van der Waals surface area contributed by atoms with Gasteiger partial charge in [0.1, 0.15) is 0 Å². The van der Waals surface area contributed by atoms with Gasteiger partial charge in [0.05, 0.1) is 22.3 Å². The zero-order valence-corrected chi connectivity index (χ0v) is 16.3. The fraction of sp³-hybridized carbons (Fsp3) is 0.300. The van der Waals surface area contributed by atoms with E-state index in [0.29, 0.717) is 34.3 Å². The summed E-state index contributed by atoms with van der Waals surface area (Å²) in [6.45, 7) is 5.58. The van der Waals surface area contributed by atoms with Crippen molar-refractivity contribution < 1.29 is 4.79 Å². The lowest BCUT2D eigenvalue weighted by Gasteiger charge is -2.28. The first kappa shape index (κ1) is 20.3. The lowest BCUT2D eigenvalue weighted by atomic mass is 10.0. The Morgan fingerprint density at radius 2 is 1.92 bits per heavy atom. The Balaban J connectivity index is 1.95. The number of nitriles is 1. The zero-order chi connectivity index (χ0) is 19.1. The van der Waals surface area contributed by atoms with Gasteiger partial charge in [0.25, 0.3) is 0 Å². The SMILES string of the molecule is CCN(CCC(=O)Nc1cc(Cl)ccc1Cl)C(C)c1ccc(C#N)cc1. The predicted molar refractivity (Wildman–Crippen MR) is 107 cm³/mol. The lowest BCUT2D eigenvalue weighted by molar-refractivity contribution is -0.116. The van der Waals surface area contributed by atoms with E-state index in [1.165, 1.54) is 0 Å². The molecule has 0 aliphatic carbocycles. The molecule has 1 atom stereocenters. The second kappa shape index (κ2) is 9.59. The minimum absolute atomic E-state index is 0.111. The van der Waals surface area contributed by atoms with E-state index in [4.69, 9.17) is 28.5 Å². The molecule has 0 bridgehead atoms. The van der Waals surface area contributed by atoms with E-state index >= 15 is 0 Å². The number of carbonyl (C=O) groups is 1. The molecule has 0 aliphatic rings. The van der Waals surface area contributed by atoms with Crippen LogP contribution >= 0.6 is 23.2 Å². The number of amides is 1. The Morgan fingerprint density at radius 1 is 1.23 bits per heavy atom. The van der Waals surface area contributed by atoms with Gasteiger partial charge in [-0.05, 0) is 49.4 Å². The zero-order valence-electron chi connectivity index (χ0n) is 14.8. The Labute approximate surface area is 164 Å². The maximum Gasteiger partial charge on any atom is 0.225 e. The van der Waals surface area contributed by atoms with Gasteiger partial charge in [-0.1, -0.05) is 42.3 Å². The largest absolute Gasteiger partial charge is 0.325 e. The van der Waals surface area contributed by atoms with Gasteiger partial charge < -0.3 is 5.32 Å². The first-order valence-corrected chi connectivity index (χ1v) is 9.19. The average molecular weight is 390 g/mol. The number of anilines is 1. The Hall–Kier alpha value is -2.06. The fourth-order valence-corrected chi connectivity index (χ4v) is 3.06. The summed E-state index contributed by atoms with van der Waals surface area (Å²) in [5.74, 6) is -0.111. The summed E-state index contributed by atoms with van der Waals surface area (Å²) in [5, 5.41) is 12.7. The van der Waals surface area contributed by atoms with Crippen molar-refractivity contribution in [3.05, 3.63) is 63.6 Å². The molecule has 0 heterocycles. The smallest absolute Gasteiger partial charge is 0.225 e. The fourth-order valence-electron chi connectivity index (χ4n) is 2.72. The molecule has 2 rings (SSSR count). The Bertz CT molecular complexity index is 800. The third-order valence-electron chi connectivity index (χ3n) is 4.30. The first-order valence-electron chi connectivity index (χ1n) is 8.43. The molecule has 0 aromatic heterocycles. The molecule has 0 spiro atoms. The van der Waals surface area contributed by atoms with Crippen LogP contribution in [-0.4, -0.2) is 23.9 Å². The Kier molecular flexibility index (Phi) is 7.47. The highest BCUT2D eigenvalue weighted by atomic mass is 35.5. The molecule has 0 radical (unpaired) electrons. The lowest BCUT2D eigenvalue weighted by Crippen LogP contribution is -2.30. The van der Waals surface area contributed by atoms with Gasteiger partial charge in [-0.25, -0.2) is 0 Å². The van der Waals surface area contributed by atoms with Crippen LogP contribution in [0.15, 0.2) is 42.5 Å². The summed E-state index contributed by atoms with van der Waals surface area (Å²) in [6.07, 6.45) is 0.345. The molecule has 1 amide bonds. The van der Waals surface area contributed by atoms with Crippen molar-refractivity contribution in [2.75, 3.05) is 18.4 Å². The number of halogens is 2. The normalized spacial score (nSPS) is 11.8. The molecule has 6 heteroatoms. The van der Waals surface area contributed by atoms with Crippen molar-refractivity contribution in [1.82, 2.24) is 4.90 Å². The van der Waals surface area contributed by atoms with E-state index in [1.807, 2.05) is 24.3 Å². The van der Waals surface area contributed by atoms with Gasteiger partial charge in [0.15, 0.2) is 0 Å². The van der Waals surface area contributed by atoms with E-state index in [9.17, 15) is 4.79 Å². The molecule has 0 fully saturated rings. The van der Waals surface area contributed by atoms with E-state index in [2.05, 4.69) is 30.1 Å². The van der Waals surface area contributed by atoms with Crippen LogP contribution < -0.4 is 5.32 Å². The van der Waals surface area contributed by atoms with E-state index < -0.39 is 0 Å². The topological polar surface area (TPSA) is 56.1 Å². The number of rotatable bonds is 7. The van der Waals surface area contributed by atoms with Crippen LogP contribution in [0.3, 0.4) is 0 Å². The van der Waals surface area contributed by atoms with Gasteiger partial charge >= 0.3 is 0 Å². The molecule has 1 N–H and O–H groups in total.